The maximum absolute atomic E-state index is 12.3. The molecule has 30 heavy (non-hydrogen) atoms. The van der Waals surface area contributed by atoms with Gasteiger partial charge in [-0.3, -0.25) is 19.7 Å². The molecule has 0 spiro atoms. The normalized spacial score (nSPS) is 10.5. The fourth-order valence-electron chi connectivity index (χ4n) is 2.64. The van der Waals surface area contributed by atoms with E-state index >= 15 is 0 Å². The van der Waals surface area contributed by atoms with Crippen molar-refractivity contribution in [3.05, 3.63) is 63.9 Å². The number of ether oxygens (including phenoxy) is 1. The summed E-state index contributed by atoms with van der Waals surface area (Å²) in [4.78, 5) is 48.0. The van der Waals surface area contributed by atoms with Gasteiger partial charge in [0.05, 0.1) is 5.39 Å². The van der Waals surface area contributed by atoms with Gasteiger partial charge < -0.3 is 10.1 Å². The van der Waals surface area contributed by atoms with Gasteiger partial charge in [-0.1, -0.05) is 29.5 Å². The molecular weight excluding hydrogens is 390 g/mol. The number of urea groups is 1. The Balaban J connectivity index is 1.51. The van der Waals surface area contributed by atoms with Gasteiger partial charge in [-0.2, -0.15) is 4.68 Å². The molecule has 0 fully saturated rings. The molecule has 0 aliphatic heterocycles. The quantitative estimate of drug-likeness (QED) is 0.607. The molecule has 10 nitrogen and oxygen atoms in total. The van der Waals surface area contributed by atoms with Crippen molar-refractivity contribution in [3.63, 3.8) is 0 Å². The van der Waals surface area contributed by atoms with E-state index in [-0.39, 0.29) is 0 Å². The molecule has 0 aliphatic carbocycles. The Morgan fingerprint density at radius 1 is 1.07 bits per heavy atom. The van der Waals surface area contributed by atoms with Gasteiger partial charge in [0, 0.05) is 5.69 Å². The van der Waals surface area contributed by atoms with Gasteiger partial charge in [-0.15, -0.1) is 5.10 Å². The fraction of sp³-hybridized carbons (Fsp3) is 0.200. The highest BCUT2D eigenvalue weighted by atomic mass is 16.5. The maximum atomic E-state index is 12.3. The molecule has 0 saturated carbocycles. The van der Waals surface area contributed by atoms with Crippen LogP contribution >= 0.6 is 0 Å². The lowest BCUT2D eigenvalue weighted by atomic mass is 10.1. The molecule has 0 bridgehead atoms. The van der Waals surface area contributed by atoms with E-state index in [0.717, 1.165) is 15.8 Å². The second-order valence-corrected chi connectivity index (χ2v) is 6.48. The molecular formula is C20H19N5O5. The minimum atomic E-state index is -0.869. The number of carbonyl (C=O) groups is 3. The van der Waals surface area contributed by atoms with Crippen molar-refractivity contribution >= 4 is 34.5 Å². The van der Waals surface area contributed by atoms with Gasteiger partial charge in [-0.05, 0) is 43.2 Å². The lowest BCUT2D eigenvalue weighted by Crippen LogP contribution is -2.38. The third-order valence-corrected chi connectivity index (χ3v) is 4.38. The number of imide groups is 1. The molecule has 1 aromatic heterocycles. The standard InChI is InChI=1S/C20H19N5O5/c1-12-6-5-9-15(13(12)2)21-20(29)22-17(26)11-30-18(27)10-25-19(28)14-7-3-4-8-16(14)23-24-25/h3-9H,10-11H2,1-2H3,(H2,21,22,26,29). The molecule has 154 valence electrons. The number of anilines is 1. The van der Waals surface area contributed by atoms with Crippen molar-refractivity contribution in [1.82, 2.24) is 20.3 Å². The van der Waals surface area contributed by atoms with Crippen LogP contribution in [-0.4, -0.2) is 39.5 Å². The fourth-order valence-corrected chi connectivity index (χ4v) is 2.64. The van der Waals surface area contributed by atoms with E-state index in [0.29, 0.717) is 16.6 Å². The summed E-state index contributed by atoms with van der Waals surface area (Å²) in [5.41, 5.74) is 2.32. The number of nitrogens with zero attached hydrogens (tertiary/aromatic N) is 3. The Labute approximate surface area is 170 Å². The monoisotopic (exact) mass is 409 g/mol. The summed E-state index contributed by atoms with van der Waals surface area (Å²) in [6, 6.07) is 11.2. The lowest BCUT2D eigenvalue weighted by molar-refractivity contribution is -0.149. The SMILES string of the molecule is Cc1cccc(NC(=O)NC(=O)COC(=O)Cn2nnc3ccccc3c2=O)c1C. The van der Waals surface area contributed by atoms with Crippen LogP contribution < -0.4 is 16.2 Å². The van der Waals surface area contributed by atoms with Crippen LogP contribution in [-0.2, 0) is 20.9 Å². The number of aromatic nitrogens is 3. The topological polar surface area (TPSA) is 132 Å². The first-order chi connectivity index (χ1) is 14.3. The Morgan fingerprint density at radius 3 is 2.63 bits per heavy atom. The van der Waals surface area contributed by atoms with Crippen molar-refractivity contribution in [3.8, 4) is 0 Å². The number of hydrogen-bond donors (Lipinski definition) is 2. The van der Waals surface area contributed by atoms with E-state index in [9.17, 15) is 19.2 Å². The molecule has 3 rings (SSSR count). The van der Waals surface area contributed by atoms with Crippen LogP contribution in [0, 0.1) is 13.8 Å². The average molecular weight is 409 g/mol. The Kier molecular flexibility index (Phi) is 6.16. The summed E-state index contributed by atoms with van der Waals surface area (Å²) < 4.78 is 5.65. The van der Waals surface area contributed by atoms with Gasteiger partial charge in [0.1, 0.15) is 12.1 Å². The van der Waals surface area contributed by atoms with Crippen molar-refractivity contribution in [1.29, 1.82) is 0 Å². The van der Waals surface area contributed by atoms with Crippen LogP contribution in [0.3, 0.4) is 0 Å². The number of hydrogen-bond acceptors (Lipinski definition) is 7. The van der Waals surface area contributed by atoms with Crippen molar-refractivity contribution in [2.24, 2.45) is 0 Å². The van der Waals surface area contributed by atoms with E-state index in [1.54, 1.807) is 36.4 Å². The number of rotatable bonds is 5. The average Bonchev–Trinajstić information content (AvgIpc) is 2.72. The van der Waals surface area contributed by atoms with Crippen molar-refractivity contribution < 1.29 is 19.1 Å². The van der Waals surface area contributed by atoms with E-state index in [4.69, 9.17) is 4.74 Å². The lowest BCUT2D eigenvalue weighted by Gasteiger charge is -2.11. The number of nitrogens with one attached hydrogen (secondary N) is 2. The first-order valence-electron chi connectivity index (χ1n) is 9.00. The minimum Gasteiger partial charge on any atom is -0.454 e. The Morgan fingerprint density at radius 2 is 1.83 bits per heavy atom. The van der Waals surface area contributed by atoms with Gasteiger partial charge in [-0.25, -0.2) is 4.79 Å². The predicted molar refractivity (Wildman–Crippen MR) is 108 cm³/mol. The zero-order valence-electron chi connectivity index (χ0n) is 16.3. The van der Waals surface area contributed by atoms with Crippen molar-refractivity contribution in [2.75, 3.05) is 11.9 Å². The number of benzene rings is 2. The first kappa shape index (κ1) is 20.6. The molecule has 0 aliphatic rings. The van der Waals surface area contributed by atoms with Gasteiger partial charge in [0.2, 0.25) is 0 Å². The van der Waals surface area contributed by atoms with Gasteiger partial charge in [0.15, 0.2) is 6.61 Å². The van der Waals surface area contributed by atoms with Crippen molar-refractivity contribution in [2.45, 2.75) is 20.4 Å². The third kappa shape index (κ3) is 4.85. The van der Waals surface area contributed by atoms with Crippen LogP contribution in [0.5, 0.6) is 0 Å². The smallest absolute Gasteiger partial charge is 0.328 e. The number of aryl methyl sites for hydroxylation is 1. The number of fused-ring (bicyclic) bond motifs is 1. The number of esters is 1. The zero-order chi connectivity index (χ0) is 21.7. The summed E-state index contributed by atoms with van der Waals surface area (Å²) in [7, 11) is 0. The summed E-state index contributed by atoms with van der Waals surface area (Å²) >= 11 is 0. The molecule has 3 aromatic rings. The highest BCUT2D eigenvalue weighted by Crippen LogP contribution is 2.17. The second kappa shape index (κ2) is 8.95. The molecule has 0 atom stereocenters. The second-order valence-electron chi connectivity index (χ2n) is 6.48. The predicted octanol–water partition coefficient (Wildman–Crippen LogP) is 1.30. The minimum absolute atomic E-state index is 0.307. The Hall–Kier alpha value is -4.08. The maximum Gasteiger partial charge on any atom is 0.328 e. The van der Waals surface area contributed by atoms with E-state index in [1.165, 1.54) is 0 Å². The summed E-state index contributed by atoms with van der Waals surface area (Å²) in [5.74, 6) is -1.69. The molecule has 2 aromatic carbocycles. The van der Waals surface area contributed by atoms with Gasteiger partial charge in [0.25, 0.3) is 11.5 Å². The van der Waals surface area contributed by atoms with E-state index in [1.807, 2.05) is 19.9 Å². The van der Waals surface area contributed by atoms with Crippen LogP contribution in [0.15, 0.2) is 47.3 Å². The van der Waals surface area contributed by atoms with Crippen LogP contribution in [0.2, 0.25) is 0 Å². The highest BCUT2D eigenvalue weighted by Gasteiger charge is 2.14. The Bertz CT molecular complexity index is 1190. The molecule has 0 unspecified atom stereocenters. The van der Waals surface area contributed by atoms with Crippen LogP contribution in [0.4, 0.5) is 10.5 Å². The summed E-state index contributed by atoms with van der Waals surface area (Å²) in [5, 5.41) is 12.5. The van der Waals surface area contributed by atoms with Crippen LogP contribution in [0.25, 0.3) is 10.9 Å². The van der Waals surface area contributed by atoms with E-state index in [2.05, 4.69) is 20.9 Å². The van der Waals surface area contributed by atoms with Crippen LogP contribution in [0.1, 0.15) is 11.1 Å². The zero-order valence-corrected chi connectivity index (χ0v) is 16.3. The summed E-state index contributed by atoms with van der Waals surface area (Å²) in [6.45, 7) is 2.54. The molecule has 0 saturated heterocycles. The number of carbonyl (C=O) groups excluding carboxylic acids is 3. The van der Waals surface area contributed by atoms with Gasteiger partial charge >= 0.3 is 12.0 Å². The van der Waals surface area contributed by atoms with E-state index < -0.39 is 36.6 Å². The molecule has 3 amide bonds. The molecule has 10 heteroatoms. The third-order valence-electron chi connectivity index (χ3n) is 4.38. The summed E-state index contributed by atoms with van der Waals surface area (Å²) in [6.07, 6.45) is 0. The molecule has 1 heterocycles. The largest absolute Gasteiger partial charge is 0.454 e. The first-order valence-corrected chi connectivity index (χ1v) is 9.00. The highest BCUT2D eigenvalue weighted by molar-refractivity contribution is 6.02. The molecule has 0 radical (unpaired) electrons. The number of amides is 3. The molecule has 2 N–H and O–H groups in total.